The molecule has 0 heteroatoms. The zero-order valence-corrected chi connectivity index (χ0v) is 13.0. The van der Waals surface area contributed by atoms with E-state index < -0.39 is 0 Å². The Labute approximate surface area is 119 Å². The van der Waals surface area contributed by atoms with Gasteiger partial charge in [-0.25, -0.2) is 0 Å². The summed E-state index contributed by atoms with van der Waals surface area (Å²) in [5.41, 5.74) is 5.09. The van der Waals surface area contributed by atoms with Crippen LogP contribution in [0.25, 0.3) is 0 Å². The van der Waals surface area contributed by atoms with Crippen molar-refractivity contribution in [1.29, 1.82) is 0 Å². The lowest BCUT2D eigenvalue weighted by molar-refractivity contribution is 0.483. The Kier molecular flexibility index (Phi) is 4.50. The molecule has 0 radical (unpaired) electrons. The Morgan fingerprint density at radius 1 is 1.05 bits per heavy atom. The first-order valence-corrected chi connectivity index (χ1v) is 7.82. The molecule has 0 amide bonds. The van der Waals surface area contributed by atoms with Gasteiger partial charge in [-0.15, -0.1) is 0 Å². The van der Waals surface area contributed by atoms with E-state index in [-0.39, 0.29) is 5.41 Å². The van der Waals surface area contributed by atoms with Crippen LogP contribution in [-0.2, 0) is 0 Å². The van der Waals surface area contributed by atoms with Crippen LogP contribution in [0.4, 0.5) is 0 Å². The number of hydrogen-bond donors (Lipinski definition) is 0. The van der Waals surface area contributed by atoms with Crippen LogP contribution < -0.4 is 0 Å². The average molecular weight is 256 g/mol. The summed E-state index contributed by atoms with van der Waals surface area (Å²) in [6.45, 7) is 9.43. The predicted octanol–water partition coefficient (Wildman–Crippen LogP) is 5.98. The first-order chi connectivity index (χ1) is 9.05. The van der Waals surface area contributed by atoms with Gasteiger partial charge in [0.2, 0.25) is 0 Å². The minimum atomic E-state index is 0.238. The van der Waals surface area contributed by atoms with Crippen LogP contribution >= 0.6 is 0 Å². The molecule has 104 valence electrons. The van der Waals surface area contributed by atoms with Gasteiger partial charge in [-0.3, -0.25) is 0 Å². The van der Waals surface area contributed by atoms with Gasteiger partial charge in [0.05, 0.1) is 0 Å². The lowest BCUT2D eigenvalue weighted by Crippen LogP contribution is -2.20. The molecule has 0 saturated carbocycles. The zero-order valence-electron chi connectivity index (χ0n) is 13.0. The van der Waals surface area contributed by atoms with Crippen molar-refractivity contribution in [2.24, 2.45) is 11.3 Å². The molecule has 2 aliphatic rings. The Morgan fingerprint density at radius 3 is 2.32 bits per heavy atom. The molecule has 0 aliphatic heterocycles. The van der Waals surface area contributed by atoms with E-state index in [0.29, 0.717) is 0 Å². The highest BCUT2D eigenvalue weighted by molar-refractivity contribution is 5.37. The second-order valence-electron chi connectivity index (χ2n) is 6.53. The van der Waals surface area contributed by atoms with Crippen molar-refractivity contribution >= 4 is 0 Å². The third-order valence-corrected chi connectivity index (χ3v) is 5.05. The van der Waals surface area contributed by atoms with Crippen molar-refractivity contribution in [1.82, 2.24) is 0 Å². The third kappa shape index (κ3) is 3.11. The molecule has 0 aromatic heterocycles. The average Bonchev–Trinajstić information content (AvgIpc) is 2.47. The third-order valence-electron chi connectivity index (χ3n) is 5.05. The molecule has 0 bridgehead atoms. The van der Waals surface area contributed by atoms with Gasteiger partial charge in [-0.05, 0) is 38.0 Å². The van der Waals surface area contributed by atoms with Crippen molar-refractivity contribution in [2.45, 2.75) is 59.8 Å². The molecule has 0 N–H and O–H groups in total. The van der Waals surface area contributed by atoms with Gasteiger partial charge in [0.25, 0.3) is 0 Å². The summed E-state index contributed by atoms with van der Waals surface area (Å²) in [6.07, 6.45) is 17.8. The Morgan fingerprint density at radius 2 is 1.79 bits per heavy atom. The number of rotatable bonds is 4. The van der Waals surface area contributed by atoms with Crippen molar-refractivity contribution < 1.29 is 0 Å². The van der Waals surface area contributed by atoms with Gasteiger partial charge >= 0.3 is 0 Å². The molecule has 1 atom stereocenters. The standard InChI is InChI=1S/C19H28/c1-5-15(2)16-11-13-18(14-12-16)19(3,4)17-9-7-6-8-10-17/h6-7,9,11,13,15H,5,8,10,12,14H2,1-4H3. The largest absolute Gasteiger partial charge is 0.0842 e. The fourth-order valence-corrected chi connectivity index (χ4v) is 3.18. The first kappa shape index (κ1) is 14.4. The fraction of sp³-hybridized carbons (Fsp3) is 0.579. The van der Waals surface area contributed by atoms with Crippen LogP contribution in [0.1, 0.15) is 59.8 Å². The van der Waals surface area contributed by atoms with Crippen LogP contribution in [0.3, 0.4) is 0 Å². The van der Waals surface area contributed by atoms with Gasteiger partial charge in [0.15, 0.2) is 0 Å². The van der Waals surface area contributed by atoms with Crippen molar-refractivity contribution in [2.75, 3.05) is 0 Å². The lowest BCUT2D eigenvalue weighted by atomic mass is 9.70. The zero-order chi connectivity index (χ0) is 13.9. The smallest absolute Gasteiger partial charge is 0.00704 e. The molecular weight excluding hydrogens is 228 g/mol. The minimum Gasteiger partial charge on any atom is -0.0842 e. The van der Waals surface area contributed by atoms with Crippen molar-refractivity contribution in [3.05, 3.63) is 47.1 Å². The molecule has 0 saturated heterocycles. The highest BCUT2D eigenvalue weighted by atomic mass is 14.3. The van der Waals surface area contributed by atoms with Crippen LogP contribution in [0, 0.1) is 11.3 Å². The van der Waals surface area contributed by atoms with Crippen molar-refractivity contribution in [3.8, 4) is 0 Å². The first-order valence-electron chi connectivity index (χ1n) is 7.82. The monoisotopic (exact) mass is 256 g/mol. The normalized spacial score (nSPS) is 21.6. The van der Waals surface area contributed by atoms with E-state index in [0.717, 1.165) is 5.92 Å². The van der Waals surface area contributed by atoms with Crippen molar-refractivity contribution in [3.63, 3.8) is 0 Å². The van der Waals surface area contributed by atoms with E-state index in [2.05, 4.69) is 58.1 Å². The molecule has 2 rings (SSSR count). The fourth-order valence-electron chi connectivity index (χ4n) is 3.18. The highest BCUT2D eigenvalue weighted by Gasteiger charge is 2.28. The second-order valence-corrected chi connectivity index (χ2v) is 6.53. The predicted molar refractivity (Wildman–Crippen MR) is 85.1 cm³/mol. The Balaban J connectivity index is 2.18. The van der Waals surface area contributed by atoms with Crippen LogP contribution in [-0.4, -0.2) is 0 Å². The number of allylic oxidation sites excluding steroid dienone is 8. The summed E-state index contributed by atoms with van der Waals surface area (Å²) in [6, 6.07) is 0. The minimum absolute atomic E-state index is 0.238. The van der Waals surface area contributed by atoms with E-state index >= 15 is 0 Å². The Hall–Kier alpha value is -1.04. The SMILES string of the molecule is CCC(C)C1=CC=C(C(C)(C)C2=CC=CCC2)CC1. The quantitative estimate of drug-likeness (QED) is 0.580. The molecule has 1 unspecified atom stereocenters. The van der Waals surface area contributed by atoms with E-state index in [4.69, 9.17) is 0 Å². The Bertz CT molecular complexity index is 441. The van der Waals surface area contributed by atoms with Crippen LogP contribution in [0.15, 0.2) is 47.1 Å². The topological polar surface area (TPSA) is 0 Å². The molecule has 2 aliphatic carbocycles. The summed E-state index contributed by atoms with van der Waals surface area (Å²) in [7, 11) is 0. The molecule has 19 heavy (non-hydrogen) atoms. The van der Waals surface area contributed by atoms with Gasteiger partial charge < -0.3 is 0 Å². The highest BCUT2D eigenvalue weighted by Crippen LogP contribution is 2.43. The van der Waals surface area contributed by atoms with Crippen LogP contribution in [0.5, 0.6) is 0 Å². The van der Waals surface area contributed by atoms with Gasteiger partial charge in [0.1, 0.15) is 0 Å². The van der Waals surface area contributed by atoms with Gasteiger partial charge in [-0.2, -0.15) is 0 Å². The van der Waals surface area contributed by atoms with E-state index in [9.17, 15) is 0 Å². The lowest BCUT2D eigenvalue weighted by Gasteiger charge is -2.34. The summed E-state index contributed by atoms with van der Waals surface area (Å²) in [5, 5.41) is 0. The summed E-state index contributed by atoms with van der Waals surface area (Å²) >= 11 is 0. The van der Waals surface area contributed by atoms with E-state index in [1.165, 1.54) is 32.1 Å². The maximum Gasteiger partial charge on any atom is 0.00704 e. The molecule has 0 spiro atoms. The molecule has 0 aromatic carbocycles. The maximum atomic E-state index is 2.41. The van der Waals surface area contributed by atoms with E-state index in [1.807, 2.05) is 0 Å². The maximum absolute atomic E-state index is 2.41. The summed E-state index contributed by atoms with van der Waals surface area (Å²) in [4.78, 5) is 0. The second kappa shape index (κ2) is 5.94. The molecule has 0 nitrogen and oxygen atoms in total. The molecule has 0 fully saturated rings. The molecule has 0 heterocycles. The summed E-state index contributed by atoms with van der Waals surface area (Å²) < 4.78 is 0. The van der Waals surface area contributed by atoms with Gasteiger partial charge in [0, 0.05) is 5.41 Å². The summed E-state index contributed by atoms with van der Waals surface area (Å²) in [5.74, 6) is 0.748. The van der Waals surface area contributed by atoms with Gasteiger partial charge in [-0.1, -0.05) is 74.8 Å². The van der Waals surface area contributed by atoms with E-state index in [1.54, 1.807) is 16.7 Å². The number of hydrogen-bond acceptors (Lipinski definition) is 0. The molecule has 0 aromatic rings. The van der Waals surface area contributed by atoms with Crippen LogP contribution in [0.2, 0.25) is 0 Å². The molecular formula is C19H28.